The van der Waals surface area contributed by atoms with Gasteiger partial charge in [0.1, 0.15) is 0 Å². The van der Waals surface area contributed by atoms with Crippen molar-refractivity contribution in [3.63, 3.8) is 0 Å². The summed E-state index contributed by atoms with van der Waals surface area (Å²) in [5.74, 6) is -1.07. The van der Waals surface area contributed by atoms with Gasteiger partial charge in [-0.1, -0.05) is 0 Å². The summed E-state index contributed by atoms with van der Waals surface area (Å²) < 4.78 is 9.71. The highest BCUT2D eigenvalue weighted by molar-refractivity contribution is 5.87. The van der Waals surface area contributed by atoms with Crippen LogP contribution in [0.4, 0.5) is 0 Å². The van der Waals surface area contributed by atoms with E-state index in [1.54, 1.807) is 0 Å². The Morgan fingerprint density at radius 1 is 0.929 bits per heavy atom. The molecule has 1 fully saturated rings. The van der Waals surface area contributed by atoms with Crippen molar-refractivity contribution >= 4 is 11.9 Å². The molecule has 1 aliphatic heterocycles. The van der Waals surface area contributed by atoms with Gasteiger partial charge in [-0.3, -0.25) is 0 Å². The third-order valence-corrected chi connectivity index (χ3v) is 1.90. The molecule has 0 amide bonds. The molecule has 4 N–H and O–H groups in total. The monoisotopic (exact) mass is 202 g/mol. The first-order valence-corrected chi connectivity index (χ1v) is 4.50. The molecule has 0 spiro atoms. The molecule has 0 aliphatic carbocycles. The van der Waals surface area contributed by atoms with E-state index in [1.165, 1.54) is 0 Å². The van der Waals surface area contributed by atoms with Gasteiger partial charge in [0.05, 0.1) is 0 Å². The lowest BCUT2D eigenvalue weighted by atomic mass is 10.2. The van der Waals surface area contributed by atoms with E-state index in [0.29, 0.717) is 12.8 Å². The number of carbonyl (C=O) groups excluding carboxylic acids is 2. The molecule has 0 saturated carbocycles. The van der Waals surface area contributed by atoms with Gasteiger partial charge in [0, 0.05) is 12.8 Å². The summed E-state index contributed by atoms with van der Waals surface area (Å²) >= 11 is 0. The van der Waals surface area contributed by atoms with Crippen LogP contribution >= 0.6 is 0 Å². The molecule has 80 valence electrons. The molecule has 0 aromatic carbocycles. The zero-order valence-electron chi connectivity index (χ0n) is 7.77. The molecule has 0 aromatic rings. The minimum Gasteiger partial charge on any atom is -0.448 e. The number of carbonyl (C=O) groups is 2. The minimum atomic E-state index is -0.846. The number of ether oxygens (including phenoxy) is 2. The highest BCUT2D eigenvalue weighted by Gasteiger charge is 2.36. The molecule has 2 atom stereocenters. The van der Waals surface area contributed by atoms with Crippen molar-refractivity contribution in [2.45, 2.75) is 25.0 Å². The Morgan fingerprint density at radius 2 is 1.29 bits per heavy atom. The fourth-order valence-electron chi connectivity index (χ4n) is 1.18. The standard InChI is InChI=1S/C8H14N2O4/c9-3-1-5-7(11)14-6(2-4-10)8(12)13-5/h5-6H,1-4,9-10H2. The first kappa shape index (κ1) is 10.9. The number of hydrogen-bond donors (Lipinski definition) is 2. The van der Waals surface area contributed by atoms with Gasteiger partial charge in [-0.05, 0) is 13.1 Å². The van der Waals surface area contributed by atoms with Crippen LogP contribution in [-0.4, -0.2) is 37.2 Å². The summed E-state index contributed by atoms with van der Waals surface area (Å²) in [6, 6.07) is 0. The SMILES string of the molecule is NCCC1OC(=O)C(CCN)OC1=O. The van der Waals surface area contributed by atoms with Crippen LogP contribution in [0.2, 0.25) is 0 Å². The lowest BCUT2D eigenvalue weighted by molar-refractivity contribution is -0.195. The van der Waals surface area contributed by atoms with E-state index < -0.39 is 24.1 Å². The summed E-state index contributed by atoms with van der Waals surface area (Å²) in [7, 11) is 0. The van der Waals surface area contributed by atoms with Gasteiger partial charge in [-0.2, -0.15) is 0 Å². The van der Waals surface area contributed by atoms with Crippen LogP contribution in [0.1, 0.15) is 12.8 Å². The van der Waals surface area contributed by atoms with Gasteiger partial charge >= 0.3 is 11.9 Å². The second-order valence-electron chi connectivity index (χ2n) is 3.01. The lowest BCUT2D eigenvalue weighted by Gasteiger charge is -2.26. The number of esters is 2. The van der Waals surface area contributed by atoms with Gasteiger partial charge in [-0.25, -0.2) is 9.59 Å². The molecule has 14 heavy (non-hydrogen) atoms. The fraction of sp³-hybridized carbons (Fsp3) is 0.750. The van der Waals surface area contributed by atoms with Crippen LogP contribution in [0, 0.1) is 0 Å². The van der Waals surface area contributed by atoms with Crippen LogP contribution in [-0.2, 0) is 19.1 Å². The Morgan fingerprint density at radius 3 is 1.57 bits per heavy atom. The molecule has 0 radical (unpaired) electrons. The Labute approximate surface area is 81.5 Å². The van der Waals surface area contributed by atoms with Gasteiger partial charge in [0.25, 0.3) is 0 Å². The molecule has 0 bridgehead atoms. The second-order valence-corrected chi connectivity index (χ2v) is 3.01. The molecule has 1 heterocycles. The van der Waals surface area contributed by atoms with E-state index >= 15 is 0 Å². The Bertz CT molecular complexity index is 207. The van der Waals surface area contributed by atoms with E-state index in [2.05, 4.69) is 0 Å². The Hall–Kier alpha value is -1.14. The van der Waals surface area contributed by atoms with Crippen LogP contribution in [0.3, 0.4) is 0 Å². The van der Waals surface area contributed by atoms with Crippen molar-refractivity contribution in [3.8, 4) is 0 Å². The van der Waals surface area contributed by atoms with Gasteiger partial charge in [0.2, 0.25) is 0 Å². The quantitative estimate of drug-likeness (QED) is 0.539. The Balaban J connectivity index is 2.53. The van der Waals surface area contributed by atoms with Crippen LogP contribution in [0.5, 0.6) is 0 Å². The summed E-state index contributed by atoms with van der Waals surface area (Å²) in [5.41, 5.74) is 10.5. The van der Waals surface area contributed by atoms with E-state index in [9.17, 15) is 9.59 Å². The first-order valence-electron chi connectivity index (χ1n) is 4.50. The first-order chi connectivity index (χ1) is 6.69. The number of hydrogen-bond acceptors (Lipinski definition) is 6. The molecule has 2 unspecified atom stereocenters. The number of cyclic esters (lactones) is 2. The molecule has 6 nitrogen and oxygen atoms in total. The molecule has 6 heteroatoms. The van der Waals surface area contributed by atoms with E-state index in [-0.39, 0.29) is 13.1 Å². The second kappa shape index (κ2) is 4.92. The van der Waals surface area contributed by atoms with Crippen molar-refractivity contribution in [1.29, 1.82) is 0 Å². The summed E-state index contributed by atoms with van der Waals surface area (Å²) in [6.45, 7) is 0.545. The summed E-state index contributed by atoms with van der Waals surface area (Å²) in [4.78, 5) is 22.4. The highest BCUT2D eigenvalue weighted by Crippen LogP contribution is 2.14. The average Bonchev–Trinajstić information content (AvgIpc) is 2.14. The molecule has 0 aromatic heterocycles. The summed E-state index contributed by atoms with van der Waals surface area (Å²) in [6.07, 6.45) is -1.11. The van der Waals surface area contributed by atoms with Crippen molar-refractivity contribution in [2.24, 2.45) is 11.5 Å². The maximum Gasteiger partial charge on any atom is 0.348 e. The largest absolute Gasteiger partial charge is 0.448 e. The van der Waals surface area contributed by atoms with Gasteiger partial charge in [-0.15, -0.1) is 0 Å². The smallest absolute Gasteiger partial charge is 0.348 e. The molecular formula is C8H14N2O4. The normalized spacial score (nSPS) is 27.0. The summed E-state index contributed by atoms with van der Waals surface area (Å²) in [5, 5.41) is 0. The van der Waals surface area contributed by atoms with Crippen LogP contribution in [0.25, 0.3) is 0 Å². The zero-order valence-corrected chi connectivity index (χ0v) is 7.77. The van der Waals surface area contributed by atoms with Crippen molar-refractivity contribution in [1.82, 2.24) is 0 Å². The maximum atomic E-state index is 11.2. The number of nitrogens with two attached hydrogens (primary N) is 2. The predicted octanol–water partition coefficient (Wildman–Crippen LogP) is -1.48. The van der Waals surface area contributed by atoms with Crippen LogP contribution in [0.15, 0.2) is 0 Å². The van der Waals surface area contributed by atoms with E-state index in [1.807, 2.05) is 0 Å². The number of rotatable bonds is 4. The maximum absolute atomic E-state index is 11.2. The van der Waals surface area contributed by atoms with E-state index in [0.717, 1.165) is 0 Å². The molecule has 1 rings (SSSR count). The van der Waals surface area contributed by atoms with Crippen LogP contribution < -0.4 is 11.5 Å². The van der Waals surface area contributed by atoms with Crippen molar-refractivity contribution in [3.05, 3.63) is 0 Å². The van der Waals surface area contributed by atoms with Crippen molar-refractivity contribution in [2.75, 3.05) is 13.1 Å². The third kappa shape index (κ3) is 2.43. The molecule has 1 saturated heterocycles. The Kier molecular flexibility index (Phi) is 3.84. The highest BCUT2D eigenvalue weighted by atomic mass is 16.6. The van der Waals surface area contributed by atoms with Gasteiger partial charge in [0.15, 0.2) is 12.2 Å². The predicted molar refractivity (Wildman–Crippen MR) is 47.1 cm³/mol. The fourth-order valence-corrected chi connectivity index (χ4v) is 1.18. The average molecular weight is 202 g/mol. The molecular weight excluding hydrogens is 188 g/mol. The lowest BCUT2D eigenvalue weighted by Crippen LogP contribution is -2.45. The van der Waals surface area contributed by atoms with E-state index in [4.69, 9.17) is 20.9 Å². The third-order valence-electron chi connectivity index (χ3n) is 1.90. The van der Waals surface area contributed by atoms with Crippen molar-refractivity contribution < 1.29 is 19.1 Å². The molecule has 1 aliphatic rings. The van der Waals surface area contributed by atoms with Gasteiger partial charge < -0.3 is 20.9 Å². The minimum absolute atomic E-state index is 0.272. The zero-order chi connectivity index (χ0) is 10.6. The topological polar surface area (TPSA) is 105 Å².